The largest absolute Gasteiger partial charge is 0.444 e. The van der Waals surface area contributed by atoms with Gasteiger partial charge in [0.25, 0.3) is 0 Å². The van der Waals surface area contributed by atoms with Crippen molar-refractivity contribution in [1.82, 2.24) is 25.4 Å². The zero-order chi connectivity index (χ0) is 30.1. The highest BCUT2D eigenvalue weighted by atomic mass is 16.6. The third kappa shape index (κ3) is 6.27. The van der Waals surface area contributed by atoms with Gasteiger partial charge in [-0.05, 0) is 57.7 Å². The second-order valence-corrected chi connectivity index (χ2v) is 12.4. The normalized spacial score (nSPS) is 20.6. The molecule has 42 heavy (non-hydrogen) atoms. The van der Waals surface area contributed by atoms with E-state index in [4.69, 9.17) is 4.74 Å². The lowest BCUT2D eigenvalue weighted by Gasteiger charge is -2.47. The number of hydrogen-bond donors (Lipinski definition) is 3. The van der Waals surface area contributed by atoms with Crippen molar-refractivity contribution >= 4 is 34.8 Å². The van der Waals surface area contributed by atoms with E-state index in [1.54, 1.807) is 32.6 Å². The first kappa shape index (κ1) is 29.2. The van der Waals surface area contributed by atoms with Crippen LogP contribution in [0.2, 0.25) is 0 Å². The van der Waals surface area contributed by atoms with Crippen molar-refractivity contribution in [1.29, 1.82) is 0 Å². The fourth-order valence-electron chi connectivity index (χ4n) is 5.88. The molecule has 2 aromatic carbocycles. The van der Waals surface area contributed by atoms with Crippen molar-refractivity contribution in [2.45, 2.75) is 83.1 Å². The number of ether oxygens (including phenoxy) is 1. The molecular formula is C32H39N5O5. The van der Waals surface area contributed by atoms with E-state index < -0.39 is 35.2 Å². The molecule has 0 spiro atoms. The number of rotatable bonds is 7. The number of aromatic amines is 1. The van der Waals surface area contributed by atoms with Crippen molar-refractivity contribution in [3.8, 4) is 0 Å². The van der Waals surface area contributed by atoms with Gasteiger partial charge in [0.15, 0.2) is 0 Å². The monoisotopic (exact) mass is 573 g/mol. The SMILES string of the molecule is CC(C)(C)OC(=O)N[C@@](C)(Cc1c[nH]c2ccccc12)C(=O)N[C@H]1CCCN2C(=O)N(Cc3ccccc3)C(=O)C[C@H]12. The number of hydrogen-bond acceptors (Lipinski definition) is 5. The minimum Gasteiger partial charge on any atom is -0.444 e. The molecule has 2 aliphatic rings. The molecular weight excluding hydrogens is 534 g/mol. The second-order valence-electron chi connectivity index (χ2n) is 12.4. The molecule has 222 valence electrons. The average Bonchev–Trinajstić information content (AvgIpc) is 3.33. The fraction of sp³-hybridized carbons (Fsp3) is 0.438. The third-order valence-corrected chi connectivity index (χ3v) is 7.94. The Bertz CT molecular complexity index is 1480. The molecule has 5 rings (SSSR count). The number of fused-ring (bicyclic) bond motifs is 2. The van der Waals surface area contributed by atoms with Crippen molar-refractivity contribution < 1.29 is 23.9 Å². The van der Waals surface area contributed by atoms with Crippen LogP contribution in [0.25, 0.3) is 10.9 Å². The first-order valence-electron chi connectivity index (χ1n) is 14.5. The first-order valence-corrected chi connectivity index (χ1v) is 14.5. The van der Waals surface area contributed by atoms with E-state index in [1.165, 1.54) is 4.90 Å². The summed E-state index contributed by atoms with van der Waals surface area (Å²) in [5.41, 5.74) is 0.540. The van der Waals surface area contributed by atoms with Crippen molar-refractivity contribution in [3.63, 3.8) is 0 Å². The van der Waals surface area contributed by atoms with E-state index in [9.17, 15) is 19.2 Å². The van der Waals surface area contributed by atoms with Gasteiger partial charge in [-0.25, -0.2) is 9.59 Å². The Morgan fingerprint density at radius 2 is 1.74 bits per heavy atom. The Balaban J connectivity index is 1.36. The van der Waals surface area contributed by atoms with Crippen LogP contribution in [0.15, 0.2) is 60.8 Å². The van der Waals surface area contributed by atoms with Gasteiger partial charge in [0.1, 0.15) is 11.1 Å². The summed E-state index contributed by atoms with van der Waals surface area (Å²) in [6, 6.07) is 15.9. The highest BCUT2D eigenvalue weighted by molar-refractivity contribution is 5.98. The molecule has 0 aliphatic carbocycles. The van der Waals surface area contributed by atoms with Crippen LogP contribution in [0.1, 0.15) is 58.1 Å². The van der Waals surface area contributed by atoms with Crippen LogP contribution < -0.4 is 10.6 Å². The number of para-hydroxylation sites is 1. The Labute approximate surface area is 245 Å². The number of imide groups is 1. The van der Waals surface area contributed by atoms with Crippen molar-refractivity contribution in [2.75, 3.05) is 6.54 Å². The van der Waals surface area contributed by atoms with E-state index in [-0.39, 0.29) is 31.3 Å². The minimum absolute atomic E-state index is 0.113. The molecule has 0 unspecified atom stereocenters. The van der Waals surface area contributed by atoms with Crippen LogP contribution in [0, 0.1) is 0 Å². The molecule has 3 aromatic rings. The number of carbonyl (C=O) groups excluding carboxylic acids is 4. The van der Waals surface area contributed by atoms with Gasteiger partial charge in [0.2, 0.25) is 11.8 Å². The molecule has 3 N–H and O–H groups in total. The average molecular weight is 574 g/mol. The number of piperidine rings is 1. The number of urea groups is 1. The molecule has 5 amide bonds. The Morgan fingerprint density at radius 3 is 2.48 bits per heavy atom. The molecule has 3 atom stereocenters. The van der Waals surface area contributed by atoms with Crippen LogP contribution >= 0.6 is 0 Å². The summed E-state index contributed by atoms with van der Waals surface area (Å²) in [5, 5.41) is 6.88. The van der Waals surface area contributed by atoms with Gasteiger partial charge in [-0.3, -0.25) is 14.5 Å². The summed E-state index contributed by atoms with van der Waals surface area (Å²) in [6.45, 7) is 7.68. The molecule has 3 heterocycles. The quantitative estimate of drug-likeness (QED) is 0.384. The Morgan fingerprint density at radius 1 is 1.02 bits per heavy atom. The van der Waals surface area contributed by atoms with Gasteiger partial charge >= 0.3 is 12.1 Å². The summed E-state index contributed by atoms with van der Waals surface area (Å²) >= 11 is 0. The number of carbonyl (C=O) groups is 4. The van der Waals surface area contributed by atoms with E-state index >= 15 is 0 Å². The third-order valence-electron chi connectivity index (χ3n) is 7.94. The molecule has 10 heteroatoms. The van der Waals surface area contributed by atoms with Crippen molar-refractivity contribution in [3.05, 3.63) is 71.9 Å². The molecule has 2 fully saturated rings. The van der Waals surface area contributed by atoms with Crippen LogP contribution in [0.3, 0.4) is 0 Å². The maximum atomic E-state index is 14.0. The van der Waals surface area contributed by atoms with E-state index in [2.05, 4.69) is 15.6 Å². The lowest BCUT2D eigenvalue weighted by Crippen LogP contribution is -2.67. The first-order chi connectivity index (χ1) is 19.9. The zero-order valence-corrected chi connectivity index (χ0v) is 24.6. The van der Waals surface area contributed by atoms with Gasteiger partial charge in [-0.15, -0.1) is 0 Å². The molecule has 1 aromatic heterocycles. The van der Waals surface area contributed by atoms with Crippen LogP contribution in [0.5, 0.6) is 0 Å². The van der Waals surface area contributed by atoms with Gasteiger partial charge in [0, 0.05) is 42.5 Å². The van der Waals surface area contributed by atoms with Gasteiger partial charge < -0.3 is 25.3 Å². The predicted octanol–water partition coefficient (Wildman–Crippen LogP) is 4.50. The predicted molar refractivity (Wildman–Crippen MR) is 158 cm³/mol. The second kappa shape index (κ2) is 11.5. The number of aromatic nitrogens is 1. The smallest absolute Gasteiger partial charge is 0.408 e. The minimum atomic E-state index is -1.38. The lowest BCUT2D eigenvalue weighted by atomic mass is 9.88. The molecule has 0 radical (unpaired) electrons. The van der Waals surface area contributed by atoms with Crippen LogP contribution in [0.4, 0.5) is 9.59 Å². The number of H-pyrrole nitrogens is 1. The summed E-state index contributed by atoms with van der Waals surface area (Å²) in [7, 11) is 0. The maximum absolute atomic E-state index is 14.0. The molecule has 0 bridgehead atoms. The van der Waals surface area contributed by atoms with E-state index in [1.807, 2.05) is 60.8 Å². The Kier molecular flexibility index (Phi) is 7.99. The summed E-state index contributed by atoms with van der Waals surface area (Å²) in [5.74, 6) is -0.670. The number of nitrogens with zero attached hydrogens (tertiary/aromatic N) is 2. The number of amides is 5. The highest BCUT2D eigenvalue weighted by Crippen LogP contribution is 2.29. The number of alkyl carbamates (subject to hydrolysis) is 1. The Hall–Kier alpha value is -4.34. The standard InChI is InChI=1S/C32H39N5O5/c1-31(2,3)42-29(40)35-32(4,18-22-19-33-24-14-9-8-13-23(22)24)28(39)34-25-15-10-16-36-26(25)17-27(38)37(30(36)41)20-21-11-6-5-7-12-21/h5-9,11-14,19,25-26,33H,10,15-18,20H2,1-4H3,(H,34,39)(H,35,40)/t25-,26+,32-/m0/s1. The zero-order valence-electron chi connectivity index (χ0n) is 24.6. The molecule has 2 saturated heterocycles. The molecule has 10 nitrogen and oxygen atoms in total. The number of benzene rings is 2. The fourth-order valence-corrected chi connectivity index (χ4v) is 5.88. The van der Waals surface area contributed by atoms with E-state index in [0.29, 0.717) is 19.4 Å². The number of nitrogens with one attached hydrogen (secondary N) is 3. The van der Waals surface area contributed by atoms with Gasteiger partial charge in [-0.1, -0.05) is 48.5 Å². The topological polar surface area (TPSA) is 124 Å². The summed E-state index contributed by atoms with van der Waals surface area (Å²) in [4.78, 5) is 59.9. The van der Waals surface area contributed by atoms with Crippen LogP contribution in [-0.4, -0.2) is 68.5 Å². The maximum Gasteiger partial charge on any atom is 0.408 e. The lowest BCUT2D eigenvalue weighted by molar-refractivity contribution is -0.136. The van der Waals surface area contributed by atoms with Crippen molar-refractivity contribution in [2.24, 2.45) is 0 Å². The molecule has 0 saturated carbocycles. The summed E-state index contributed by atoms with van der Waals surface area (Å²) in [6.07, 6.45) is 2.74. The molecule has 2 aliphatic heterocycles. The van der Waals surface area contributed by atoms with Gasteiger partial charge in [-0.2, -0.15) is 0 Å². The summed E-state index contributed by atoms with van der Waals surface area (Å²) < 4.78 is 5.51. The van der Waals surface area contributed by atoms with Gasteiger partial charge in [0.05, 0.1) is 12.6 Å². The van der Waals surface area contributed by atoms with Crippen LogP contribution in [-0.2, 0) is 27.3 Å². The van der Waals surface area contributed by atoms with E-state index in [0.717, 1.165) is 22.0 Å². The highest BCUT2D eigenvalue weighted by Gasteiger charge is 2.46.